The van der Waals surface area contributed by atoms with E-state index in [0.717, 1.165) is 18.7 Å². The number of amides is 1. The SMILES string of the molecule is CC(C)(C)OC(=O)N1CCC[C@H](Nc2cccc3nc(Nc4ccc(C#N)c(F)c4)nn23)C1. The summed E-state index contributed by atoms with van der Waals surface area (Å²) in [5, 5.41) is 19.8. The van der Waals surface area contributed by atoms with E-state index < -0.39 is 11.4 Å². The third kappa shape index (κ3) is 5.31. The lowest BCUT2D eigenvalue weighted by Crippen LogP contribution is -2.47. The average Bonchev–Trinajstić information content (AvgIpc) is 3.16. The van der Waals surface area contributed by atoms with Gasteiger partial charge in [0.15, 0.2) is 5.65 Å². The van der Waals surface area contributed by atoms with Crippen molar-refractivity contribution in [3.05, 3.63) is 47.8 Å². The largest absolute Gasteiger partial charge is 0.444 e. The van der Waals surface area contributed by atoms with Crippen LogP contribution in [0.5, 0.6) is 0 Å². The van der Waals surface area contributed by atoms with E-state index in [1.165, 1.54) is 12.1 Å². The van der Waals surface area contributed by atoms with Crippen LogP contribution in [0, 0.1) is 17.1 Å². The topological polar surface area (TPSA) is 108 Å². The van der Waals surface area contributed by atoms with Gasteiger partial charge in [0.05, 0.1) is 5.56 Å². The number of nitrogens with one attached hydrogen (secondary N) is 2. The van der Waals surface area contributed by atoms with Gasteiger partial charge in [-0.25, -0.2) is 9.18 Å². The lowest BCUT2D eigenvalue weighted by molar-refractivity contribution is 0.0206. The van der Waals surface area contributed by atoms with Gasteiger partial charge in [-0.3, -0.25) is 0 Å². The smallest absolute Gasteiger partial charge is 0.410 e. The van der Waals surface area contributed by atoms with Gasteiger partial charge in [0.25, 0.3) is 0 Å². The molecule has 1 atom stereocenters. The summed E-state index contributed by atoms with van der Waals surface area (Å²) in [4.78, 5) is 18.6. The van der Waals surface area contributed by atoms with E-state index in [1.807, 2.05) is 39.0 Å². The maximum absolute atomic E-state index is 13.9. The number of nitriles is 1. The molecule has 33 heavy (non-hydrogen) atoms. The van der Waals surface area contributed by atoms with Gasteiger partial charge in [0.2, 0.25) is 5.95 Å². The Kier molecular flexibility index (Phi) is 6.05. The number of hydrogen-bond donors (Lipinski definition) is 2. The van der Waals surface area contributed by atoms with Crippen LogP contribution in [0.2, 0.25) is 0 Å². The molecule has 3 heterocycles. The highest BCUT2D eigenvalue weighted by Crippen LogP contribution is 2.22. The number of hydrogen-bond acceptors (Lipinski definition) is 7. The van der Waals surface area contributed by atoms with Crippen molar-refractivity contribution in [2.45, 2.75) is 45.3 Å². The molecular weight excluding hydrogens is 425 g/mol. The molecule has 1 aliphatic heterocycles. The van der Waals surface area contributed by atoms with Gasteiger partial charge in [-0.05, 0) is 63.9 Å². The zero-order valence-corrected chi connectivity index (χ0v) is 18.8. The second kappa shape index (κ2) is 8.94. The number of anilines is 3. The molecule has 0 spiro atoms. The summed E-state index contributed by atoms with van der Waals surface area (Å²) >= 11 is 0. The van der Waals surface area contributed by atoms with Gasteiger partial charge >= 0.3 is 6.09 Å². The highest BCUT2D eigenvalue weighted by Gasteiger charge is 2.28. The summed E-state index contributed by atoms with van der Waals surface area (Å²) in [5.41, 5.74) is 0.488. The second-order valence-electron chi connectivity index (χ2n) is 8.96. The van der Waals surface area contributed by atoms with Gasteiger partial charge in [-0.2, -0.15) is 14.8 Å². The van der Waals surface area contributed by atoms with Gasteiger partial charge < -0.3 is 20.3 Å². The summed E-state index contributed by atoms with van der Waals surface area (Å²) < 4.78 is 21.1. The van der Waals surface area contributed by atoms with Crippen molar-refractivity contribution in [1.82, 2.24) is 19.5 Å². The first-order valence-electron chi connectivity index (χ1n) is 10.8. The summed E-state index contributed by atoms with van der Waals surface area (Å²) in [5.74, 6) is 0.419. The van der Waals surface area contributed by atoms with E-state index in [0.29, 0.717) is 30.4 Å². The minimum Gasteiger partial charge on any atom is -0.444 e. The first kappa shape index (κ1) is 22.3. The molecule has 1 aliphatic rings. The Morgan fingerprint density at radius 3 is 2.85 bits per heavy atom. The van der Waals surface area contributed by atoms with Crippen LogP contribution < -0.4 is 10.6 Å². The predicted octanol–water partition coefficient (Wildman–Crippen LogP) is 4.30. The number of carbonyl (C=O) groups is 1. The van der Waals surface area contributed by atoms with Gasteiger partial charge in [0, 0.05) is 24.8 Å². The maximum Gasteiger partial charge on any atom is 0.410 e. The molecule has 2 N–H and O–H groups in total. The molecular formula is C23H26FN7O2. The molecule has 1 amide bonds. The van der Waals surface area contributed by atoms with E-state index in [9.17, 15) is 9.18 Å². The number of likely N-dealkylation sites (tertiary alicyclic amines) is 1. The fraction of sp³-hybridized carbons (Fsp3) is 0.391. The molecule has 0 aliphatic carbocycles. The monoisotopic (exact) mass is 451 g/mol. The number of fused-ring (bicyclic) bond motifs is 1. The van der Waals surface area contributed by atoms with Crippen molar-refractivity contribution in [2.24, 2.45) is 0 Å². The lowest BCUT2D eigenvalue weighted by Gasteiger charge is -2.34. The molecule has 1 saturated heterocycles. The van der Waals surface area contributed by atoms with E-state index in [4.69, 9.17) is 10.00 Å². The molecule has 4 rings (SSSR count). The Hall–Kier alpha value is -3.87. The van der Waals surface area contributed by atoms with Crippen LogP contribution in [0.25, 0.3) is 5.65 Å². The quantitative estimate of drug-likeness (QED) is 0.609. The van der Waals surface area contributed by atoms with Crippen LogP contribution >= 0.6 is 0 Å². The molecule has 10 heteroatoms. The van der Waals surface area contributed by atoms with E-state index in [-0.39, 0.29) is 17.7 Å². The first-order valence-corrected chi connectivity index (χ1v) is 10.8. The number of halogens is 1. The standard InChI is InChI=1S/C23H26FN7O2/c1-23(2,3)33-22(32)30-11-5-6-17(14-30)26-19-7-4-8-20-28-21(29-31(19)20)27-16-10-9-15(13-25)18(24)12-16/h4,7-10,12,17,26H,5-6,11,14H2,1-3H3,(H,27,29)/t17-/m0/s1. The zero-order chi connectivity index (χ0) is 23.6. The van der Waals surface area contributed by atoms with Crippen LogP contribution in [0.1, 0.15) is 39.2 Å². The summed E-state index contributed by atoms with van der Waals surface area (Å²) in [7, 11) is 0. The summed E-state index contributed by atoms with van der Waals surface area (Å²) in [6.07, 6.45) is 1.45. The third-order valence-corrected chi connectivity index (χ3v) is 5.13. The van der Waals surface area contributed by atoms with Crippen molar-refractivity contribution in [2.75, 3.05) is 23.7 Å². The number of carbonyl (C=O) groups excluding carboxylic acids is 1. The van der Waals surface area contributed by atoms with Crippen LogP contribution in [-0.2, 0) is 4.74 Å². The fourth-order valence-corrected chi connectivity index (χ4v) is 3.68. The Bertz CT molecular complexity index is 1210. The van der Waals surface area contributed by atoms with Crippen molar-refractivity contribution < 1.29 is 13.9 Å². The number of piperidine rings is 1. The van der Waals surface area contributed by atoms with Crippen molar-refractivity contribution >= 4 is 29.2 Å². The Morgan fingerprint density at radius 1 is 1.30 bits per heavy atom. The minimum absolute atomic E-state index is 0.0251. The minimum atomic E-state index is -0.611. The molecule has 0 unspecified atom stereocenters. The fourth-order valence-electron chi connectivity index (χ4n) is 3.68. The number of rotatable bonds is 4. The van der Waals surface area contributed by atoms with Crippen LogP contribution in [-0.4, -0.2) is 50.3 Å². The molecule has 172 valence electrons. The number of pyridine rings is 1. The molecule has 1 aromatic carbocycles. The number of ether oxygens (including phenoxy) is 1. The summed E-state index contributed by atoms with van der Waals surface area (Å²) in [6.45, 7) is 6.75. The first-order chi connectivity index (χ1) is 15.7. The maximum atomic E-state index is 13.9. The predicted molar refractivity (Wildman–Crippen MR) is 122 cm³/mol. The lowest BCUT2D eigenvalue weighted by atomic mass is 10.1. The number of benzene rings is 1. The van der Waals surface area contributed by atoms with Gasteiger partial charge in [-0.15, -0.1) is 5.10 Å². The molecule has 2 aromatic heterocycles. The normalized spacial score (nSPS) is 16.3. The highest BCUT2D eigenvalue weighted by atomic mass is 19.1. The molecule has 0 bridgehead atoms. The highest BCUT2D eigenvalue weighted by molar-refractivity contribution is 5.68. The molecule has 0 saturated carbocycles. The van der Waals surface area contributed by atoms with E-state index in [1.54, 1.807) is 21.6 Å². The number of nitrogens with zero attached hydrogens (tertiary/aromatic N) is 5. The van der Waals surface area contributed by atoms with E-state index >= 15 is 0 Å². The van der Waals surface area contributed by atoms with Crippen LogP contribution in [0.15, 0.2) is 36.4 Å². The van der Waals surface area contributed by atoms with Crippen molar-refractivity contribution in [3.8, 4) is 6.07 Å². The average molecular weight is 452 g/mol. The van der Waals surface area contributed by atoms with Gasteiger partial charge in [0.1, 0.15) is 23.3 Å². The summed E-state index contributed by atoms with van der Waals surface area (Å²) in [6, 6.07) is 11.6. The van der Waals surface area contributed by atoms with Crippen LogP contribution in [0.4, 0.5) is 26.6 Å². The van der Waals surface area contributed by atoms with Gasteiger partial charge in [-0.1, -0.05) is 6.07 Å². The van der Waals surface area contributed by atoms with Crippen molar-refractivity contribution in [1.29, 1.82) is 5.26 Å². The van der Waals surface area contributed by atoms with Crippen LogP contribution in [0.3, 0.4) is 0 Å². The van der Waals surface area contributed by atoms with Crippen molar-refractivity contribution in [3.63, 3.8) is 0 Å². The zero-order valence-electron chi connectivity index (χ0n) is 18.8. The Labute approximate surface area is 191 Å². The Morgan fingerprint density at radius 2 is 2.12 bits per heavy atom. The van der Waals surface area contributed by atoms with E-state index in [2.05, 4.69) is 20.7 Å². The molecule has 0 radical (unpaired) electrons. The Balaban J connectivity index is 1.48. The second-order valence-corrected chi connectivity index (χ2v) is 8.96. The molecule has 1 fully saturated rings. The third-order valence-electron chi connectivity index (χ3n) is 5.13. The molecule has 3 aromatic rings. The number of aromatic nitrogens is 3. The molecule has 9 nitrogen and oxygen atoms in total.